The van der Waals surface area contributed by atoms with Gasteiger partial charge in [-0.2, -0.15) is 9.61 Å². The predicted octanol–water partition coefficient (Wildman–Crippen LogP) is 3.05. The maximum Gasteiger partial charge on any atom is 0.235 e. The van der Waals surface area contributed by atoms with Crippen molar-refractivity contribution in [2.45, 2.75) is 0 Å². The molecule has 0 bridgehead atoms. The molecule has 4 rings (SSSR count). The Labute approximate surface area is 122 Å². The minimum absolute atomic E-state index is 0.286. The summed E-state index contributed by atoms with van der Waals surface area (Å²) < 4.78 is 15.0. The van der Waals surface area contributed by atoms with E-state index < -0.39 is 0 Å². The molecule has 7 heteroatoms. The third-order valence-corrected chi connectivity index (χ3v) is 3.93. The molecule has 3 heterocycles. The van der Waals surface area contributed by atoms with Crippen LogP contribution in [0.25, 0.3) is 26.9 Å². The molecule has 0 saturated carbocycles. The van der Waals surface area contributed by atoms with Crippen LogP contribution in [0.2, 0.25) is 0 Å². The fourth-order valence-corrected chi connectivity index (χ4v) is 2.87. The highest BCUT2D eigenvalue weighted by Gasteiger charge is 2.14. The number of benzene rings is 1. The Morgan fingerprint density at radius 1 is 1.05 bits per heavy atom. The summed E-state index contributed by atoms with van der Waals surface area (Å²) in [4.78, 5) is 4.73. The number of rotatable bonds is 2. The topological polar surface area (TPSA) is 56.0 Å². The number of nitrogens with zero attached hydrogens (tertiary/aromatic N) is 5. The summed E-state index contributed by atoms with van der Waals surface area (Å²) >= 11 is 1.37. The van der Waals surface area contributed by atoms with Crippen molar-refractivity contribution < 1.29 is 4.39 Å². The maximum absolute atomic E-state index is 13.3. The van der Waals surface area contributed by atoms with E-state index in [9.17, 15) is 4.39 Å². The summed E-state index contributed by atoms with van der Waals surface area (Å²) in [6, 6.07) is 10.1. The summed E-state index contributed by atoms with van der Waals surface area (Å²) in [6.07, 6.45) is 3.40. The molecule has 0 unspecified atom stereocenters. The van der Waals surface area contributed by atoms with Crippen LogP contribution in [0.1, 0.15) is 0 Å². The van der Waals surface area contributed by atoms with Gasteiger partial charge in [-0.05, 0) is 24.3 Å². The molecule has 0 spiro atoms. The van der Waals surface area contributed by atoms with E-state index in [0.29, 0.717) is 15.8 Å². The van der Waals surface area contributed by atoms with Crippen LogP contribution in [0.4, 0.5) is 4.39 Å². The summed E-state index contributed by atoms with van der Waals surface area (Å²) in [5.74, 6) is 0.336. The number of hydrogen-bond donors (Lipinski definition) is 0. The van der Waals surface area contributed by atoms with Gasteiger partial charge in [0, 0.05) is 23.5 Å². The Morgan fingerprint density at radius 3 is 2.76 bits per heavy atom. The molecule has 0 aliphatic rings. The van der Waals surface area contributed by atoms with Gasteiger partial charge in [0.25, 0.3) is 0 Å². The Hall–Kier alpha value is -2.67. The Bertz CT molecular complexity index is 915. The van der Waals surface area contributed by atoms with Gasteiger partial charge in [0.1, 0.15) is 10.8 Å². The summed E-state index contributed by atoms with van der Waals surface area (Å²) in [5, 5.41) is 13.4. The first-order chi connectivity index (χ1) is 10.3. The highest BCUT2D eigenvalue weighted by molar-refractivity contribution is 7.19. The van der Waals surface area contributed by atoms with E-state index in [1.807, 2.05) is 18.2 Å². The van der Waals surface area contributed by atoms with Crippen molar-refractivity contribution in [2.75, 3.05) is 0 Å². The minimum atomic E-state index is -0.286. The van der Waals surface area contributed by atoms with Crippen LogP contribution >= 0.6 is 11.3 Å². The van der Waals surface area contributed by atoms with E-state index >= 15 is 0 Å². The third kappa shape index (κ3) is 2.07. The van der Waals surface area contributed by atoms with E-state index in [1.54, 1.807) is 23.0 Å². The van der Waals surface area contributed by atoms with Gasteiger partial charge in [-0.3, -0.25) is 4.98 Å². The van der Waals surface area contributed by atoms with Gasteiger partial charge in [-0.1, -0.05) is 23.5 Å². The quantitative estimate of drug-likeness (QED) is 0.570. The van der Waals surface area contributed by atoms with Gasteiger partial charge in [0.2, 0.25) is 4.96 Å². The second kappa shape index (κ2) is 4.71. The lowest BCUT2D eigenvalue weighted by atomic mass is 10.2. The standard InChI is InChI=1S/C14H8FN5S/c15-11-5-1-3-9(7-11)13-19-20-12(17-18-14(20)21-13)10-4-2-6-16-8-10/h1-8H. The molecule has 3 aromatic heterocycles. The van der Waals surface area contributed by atoms with Crippen molar-refractivity contribution in [3.8, 4) is 22.0 Å². The van der Waals surface area contributed by atoms with E-state index in [1.165, 1.54) is 23.5 Å². The van der Waals surface area contributed by atoms with Gasteiger partial charge in [0.05, 0.1) is 0 Å². The van der Waals surface area contributed by atoms with E-state index in [2.05, 4.69) is 20.3 Å². The maximum atomic E-state index is 13.3. The fraction of sp³-hybridized carbons (Fsp3) is 0. The molecule has 0 atom stereocenters. The van der Waals surface area contributed by atoms with Crippen molar-refractivity contribution in [2.24, 2.45) is 0 Å². The zero-order valence-corrected chi connectivity index (χ0v) is 11.5. The van der Waals surface area contributed by atoms with Crippen molar-refractivity contribution >= 4 is 16.3 Å². The lowest BCUT2D eigenvalue weighted by Gasteiger charge is -1.96. The predicted molar refractivity (Wildman–Crippen MR) is 77.3 cm³/mol. The molecular weight excluding hydrogens is 289 g/mol. The lowest BCUT2D eigenvalue weighted by molar-refractivity contribution is 0.628. The summed E-state index contributed by atoms with van der Waals surface area (Å²) in [5.41, 5.74) is 1.56. The van der Waals surface area contributed by atoms with Crippen LogP contribution in [0, 0.1) is 5.82 Å². The first kappa shape index (κ1) is 12.1. The number of hydrogen-bond acceptors (Lipinski definition) is 5. The largest absolute Gasteiger partial charge is 0.264 e. The van der Waals surface area contributed by atoms with Gasteiger partial charge < -0.3 is 0 Å². The van der Waals surface area contributed by atoms with Crippen molar-refractivity contribution in [1.29, 1.82) is 0 Å². The molecule has 0 amide bonds. The molecule has 21 heavy (non-hydrogen) atoms. The smallest absolute Gasteiger partial charge is 0.235 e. The Morgan fingerprint density at radius 2 is 1.95 bits per heavy atom. The van der Waals surface area contributed by atoms with E-state index in [0.717, 1.165) is 11.1 Å². The number of fused-ring (bicyclic) bond motifs is 1. The number of halogens is 1. The Balaban J connectivity index is 1.87. The minimum Gasteiger partial charge on any atom is -0.264 e. The van der Waals surface area contributed by atoms with Gasteiger partial charge >= 0.3 is 0 Å². The average molecular weight is 297 g/mol. The second-order valence-electron chi connectivity index (χ2n) is 4.38. The van der Waals surface area contributed by atoms with Crippen molar-refractivity contribution in [1.82, 2.24) is 24.8 Å². The van der Waals surface area contributed by atoms with Crippen LogP contribution in [0.5, 0.6) is 0 Å². The zero-order valence-electron chi connectivity index (χ0n) is 10.6. The molecular formula is C14H8FN5S. The second-order valence-corrected chi connectivity index (χ2v) is 5.33. The molecule has 4 aromatic rings. The van der Waals surface area contributed by atoms with Gasteiger partial charge in [-0.15, -0.1) is 10.2 Å². The monoisotopic (exact) mass is 297 g/mol. The van der Waals surface area contributed by atoms with Gasteiger partial charge in [-0.25, -0.2) is 4.39 Å². The Kier molecular flexibility index (Phi) is 2.71. The third-order valence-electron chi connectivity index (χ3n) is 2.98. The van der Waals surface area contributed by atoms with Crippen molar-refractivity contribution in [3.05, 3.63) is 54.6 Å². The van der Waals surface area contributed by atoms with Crippen LogP contribution in [-0.4, -0.2) is 24.8 Å². The van der Waals surface area contributed by atoms with E-state index in [-0.39, 0.29) is 5.82 Å². The number of aromatic nitrogens is 5. The van der Waals surface area contributed by atoms with Crippen LogP contribution in [-0.2, 0) is 0 Å². The number of pyridine rings is 1. The highest BCUT2D eigenvalue weighted by atomic mass is 32.1. The summed E-state index contributed by atoms with van der Waals surface area (Å²) in [6.45, 7) is 0. The molecule has 0 aliphatic carbocycles. The summed E-state index contributed by atoms with van der Waals surface area (Å²) in [7, 11) is 0. The normalized spacial score (nSPS) is 11.1. The lowest BCUT2D eigenvalue weighted by Crippen LogP contribution is -1.91. The van der Waals surface area contributed by atoms with Crippen LogP contribution < -0.4 is 0 Å². The molecule has 0 N–H and O–H groups in total. The van der Waals surface area contributed by atoms with E-state index in [4.69, 9.17) is 0 Å². The molecule has 1 aromatic carbocycles. The van der Waals surface area contributed by atoms with Gasteiger partial charge in [0.15, 0.2) is 5.82 Å². The molecule has 0 saturated heterocycles. The molecule has 5 nitrogen and oxygen atoms in total. The zero-order chi connectivity index (χ0) is 14.2. The first-order valence-electron chi connectivity index (χ1n) is 6.20. The molecule has 0 aliphatic heterocycles. The molecule has 102 valence electrons. The average Bonchev–Trinajstić information content (AvgIpc) is 3.08. The van der Waals surface area contributed by atoms with Crippen LogP contribution in [0.15, 0.2) is 48.8 Å². The fourth-order valence-electron chi connectivity index (χ4n) is 2.03. The SMILES string of the molecule is Fc1cccc(-c2nn3c(-c4cccnc4)nnc3s2)c1. The molecule has 0 radical (unpaired) electrons. The molecule has 0 fully saturated rings. The van der Waals surface area contributed by atoms with Crippen LogP contribution in [0.3, 0.4) is 0 Å². The highest BCUT2D eigenvalue weighted by Crippen LogP contribution is 2.27. The first-order valence-corrected chi connectivity index (χ1v) is 7.01. The van der Waals surface area contributed by atoms with Crippen molar-refractivity contribution in [3.63, 3.8) is 0 Å².